The molecule has 0 saturated carbocycles. The van der Waals surface area contributed by atoms with Gasteiger partial charge >= 0.3 is 0 Å². The molecule has 1 unspecified atom stereocenters. The second kappa shape index (κ2) is 9.39. The number of benzene rings is 2. The van der Waals surface area contributed by atoms with Crippen LogP contribution in [0, 0.1) is 0 Å². The summed E-state index contributed by atoms with van der Waals surface area (Å²) in [5, 5.41) is 2.95. The van der Waals surface area contributed by atoms with Crippen LogP contribution in [0.3, 0.4) is 0 Å². The third-order valence-corrected chi connectivity index (χ3v) is 4.58. The molecular weight excluding hydrogens is 344 g/mol. The molecule has 1 heterocycles. The Labute approximate surface area is 160 Å². The molecule has 2 aromatic carbocycles. The second-order valence-electron chi connectivity index (χ2n) is 6.52. The topological polar surface area (TPSA) is 60.0 Å². The molecule has 2 aromatic rings. The van der Waals surface area contributed by atoms with E-state index in [4.69, 9.17) is 14.2 Å². The van der Waals surface area contributed by atoms with Crippen molar-refractivity contribution in [2.75, 3.05) is 40.5 Å². The molecule has 1 amide bonds. The molecule has 1 fully saturated rings. The van der Waals surface area contributed by atoms with Crippen LogP contribution in [0.2, 0.25) is 0 Å². The SMILES string of the molecule is COc1cc(OC)cc(C(=O)NCC2CN(Cc3ccccc3)CCO2)c1. The zero-order valence-electron chi connectivity index (χ0n) is 15.8. The molecule has 0 radical (unpaired) electrons. The van der Waals surface area contributed by atoms with Crippen LogP contribution in [0.4, 0.5) is 0 Å². The van der Waals surface area contributed by atoms with Crippen LogP contribution in [0.15, 0.2) is 48.5 Å². The minimum absolute atomic E-state index is 0.0288. The Morgan fingerprint density at radius 1 is 1.15 bits per heavy atom. The van der Waals surface area contributed by atoms with E-state index >= 15 is 0 Å². The third-order valence-electron chi connectivity index (χ3n) is 4.58. The van der Waals surface area contributed by atoms with Crippen molar-refractivity contribution in [2.45, 2.75) is 12.6 Å². The molecule has 0 aromatic heterocycles. The van der Waals surface area contributed by atoms with E-state index in [-0.39, 0.29) is 12.0 Å². The van der Waals surface area contributed by atoms with E-state index in [0.29, 0.717) is 30.2 Å². The standard InChI is InChI=1S/C21H26N2O4/c1-25-18-10-17(11-19(12-18)26-2)21(24)22-13-20-15-23(8-9-27-20)14-16-6-4-3-5-7-16/h3-7,10-12,20H,8-9,13-15H2,1-2H3,(H,22,24). The Bertz CT molecular complexity index is 729. The summed E-state index contributed by atoms with van der Waals surface area (Å²) >= 11 is 0. The fraction of sp³-hybridized carbons (Fsp3) is 0.381. The van der Waals surface area contributed by atoms with E-state index in [1.807, 2.05) is 6.07 Å². The van der Waals surface area contributed by atoms with Crippen molar-refractivity contribution in [2.24, 2.45) is 0 Å². The maximum Gasteiger partial charge on any atom is 0.251 e. The fourth-order valence-electron chi connectivity index (χ4n) is 3.14. The van der Waals surface area contributed by atoms with Crippen LogP contribution < -0.4 is 14.8 Å². The number of ether oxygens (including phenoxy) is 3. The lowest BCUT2D eigenvalue weighted by atomic mass is 10.1. The molecule has 144 valence electrons. The van der Waals surface area contributed by atoms with Crippen LogP contribution in [0.1, 0.15) is 15.9 Å². The zero-order valence-corrected chi connectivity index (χ0v) is 15.8. The lowest BCUT2D eigenvalue weighted by molar-refractivity contribution is -0.0292. The summed E-state index contributed by atoms with van der Waals surface area (Å²) in [4.78, 5) is 14.9. The Kier molecular flexibility index (Phi) is 6.68. The Morgan fingerprint density at radius 2 is 1.85 bits per heavy atom. The highest BCUT2D eigenvalue weighted by atomic mass is 16.5. The molecule has 3 rings (SSSR count). The summed E-state index contributed by atoms with van der Waals surface area (Å²) in [5.74, 6) is 1.00. The quantitative estimate of drug-likeness (QED) is 0.811. The number of morpholine rings is 1. The fourth-order valence-corrected chi connectivity index (χ4v) is 3.14. The number of nitrogens with one attached hydrogen (secondary N) is 1. The van der Waals surface area contributed by atoms with Crippen molar-refractivity contribution in [1.29, 1.82) is 0 Å². The normalized spacial score (nSPS) is 17.3. The van der Waals surface area contributed by atoms with Gasteiger partial charge in [0.1, 0.15) is 11.5 Å². The van der Waals surface area contributed by atoms with Gasteiger partial charge in [0.15, 0.2) is 0 Å². The number of amides is 1. The average molecular weight is 370 g/mol. The Morgan fingerprint density at radius 3 is 2.52 bits per heavy atom. The first kappa shape index (κ1) is 19.2. The minimum Gasteiger partial charge on any atom is -0.497 e. The van der Waals surface area contributed by atoms with Crippen LogP contribution in [0.25, 0.3) is 0 Å². The number of carbonyl (C=O) groups is 1. The molecule has 1 aliphatic heterocycles. The monoisotopic (exact) mass is 370 g/mol. The summed E-state index contributed by atoms with van der Waals surface area (Å²) in [5.41, 5.74) is 1.79. The Balaban J connectivity index is 1.54. The summed E-state index contributed by atoms with van der Waals surface area (Å²) < 4.78 is 16.3. The lowest BCUT2D eigenvalue weighted by Gasteiger charge is -2.33. The molecular formula is C21H26N2O4. The van der Waals surface area contributed by atoms with Gasteiger partial charge in [-0.15, -0.1) is 0 Å². The third kappa shape index (κ3) is 5.45. The summed E-state index contributed by atoms with van der Waals surface area (Å²) in [7, 11) is 3.13. The maximum absolute atomic E-state index is 12.5. The number of methoxy groups -OCH3 is 2. The van der Waals surface area contributed by atoms with Gasteiger partial charge in [-0.25, -0.2) is 0 Å². The number of hydrogen-bond donors (Lipinski definition) is 1. The number of rotatable bonds is 7. The molecule has 0 bridgehead atoms. The highest BCUT2D eigenvalue weighted by Gasteiger charge is 2.21. The Hall–Kier alpha value is -2.57. The number of carbonyl (C=O) groups excluding carboxylic acids is 1. The number of hydrogen-bond acceptors (Lipinski definition) is 5. The molecule has 0 aliphatic carbocycles. The summed E-state index contributed by atoms with van der Waals surface area (Å²) in [6.07, 6.45) is -0.0288. The van der Waals surface area contributed by atoms with Gasteiger partial charge in [0.2, 0.25) is 0 Å². The molecule has 1 aliphatic rings. The van der Waals surface area contributed by atoms with E-state index < -0.39 is 0 Å². The van der Waals surface area contributed by atoms with Crippen molar-refractivity contribution >= 4 is 5.91 Å². The lowest BCUT2D eigenvalue weighted by Crippen LogP contribution is -2.47. The smallest absolute Gasteiger partial charge is 0.251 e. The highest BCUT2D eigenvalue weighted by molar-refractivity contribution is 5.95. The van der Waals surface area contributed by atoms with Crippen molar-refractivity contribution in [3.63, 3.8) is 0 Å². The molecule has 6 nitrogen and oxygen atoms in total. The van der Waals surface area contributed by atoms with Crippen LogP contribution in [-0.4, -0.2) is 57.4 Å². The molecule has 6 heteroatoms. The van der Waals surface area contributed by atoms with Gasteiger partial charge < -0.3 is 19.5 Å². The predicted octanol–water partition coefficient (Wildman–Crippen LogP) is 2.33. The number of nitrogens with zero attached hydrogens (tertiary/aromatic N) is 1. The van der Waals surface area contributed by atoms with E-state index in [2.05, 4.69) is 34.5 Å². The van der Waals surface area contributed by atoms with Gasteiger partial charge in [-0.3, -0.25) is 9.69 Å². The van der Waals surface area contributed by atoms with Crippen molar-refractivity contribution in [3.05, 3.63) is 59.7 Å². The second-order valence-corrected chi connectivity index (χ2v) is 6.52. The molecule has 1 N–H and O–H groups in total. The van der Waals surface area contributed by atoms with E-state index in [9.17, 15) is 4.79 Å². The predicted molar refractivity (Wildman–Crippen MR) is 103 cm³/mol. The summed E-state index contributed by atoms with van der Waals surface area (Å²) in [6.45, 7) is 3.70. The summed E-state index contributed by atoms with van der Waals surface area (Å²) in [6, 6.07) is 15.5. The van der Waals surface area contributed by atoms with Gasteiger partial charge in [-0.2, -0.15) is 0 Å². The van der Waals surface area contributed by atoms with Crippen molar-refractivity contribution < 1.29 is 19.0 Å². The van der Waals surface area contributed by atoms with Gasteiger partial charge in [0.25, 0.3) is 5.91 Å². The molecule has 27 heavy (non-hydrogen) atoms. The zero-order chi connectivity index (χ0) is 19.1. The first-order valence-electron chi connectivity index (χ1n) is 9.07. The van der Waals surface area contributed by atoms with Gasteiger partial charge in [-0.05, 0) is 17.7 Å². The van der Waals surface area contributed by atoms with Gasteiger partial charge in [-0.1, -0.05) is 30.3 Å². The highest BCUT2D eigenvalue weighted by Crippen LogP contribution is 2.22. The molecule has 1 saturated heterocycles. The largest absolute Gasteiger partial charge is 0.497 e. The van der Waals surface area contributed by atoms with E-state index in [1.165, 1.54) is 5.56 Å². The van der Waals surface area contributed by atoms with Crippen LogP contribution in [0.5, 0.6) is 11.5 Å². The molecule has 1 atom stereocenters. The maximum atomic E-state index is 12.5. The van der Waals surface area contributed by atoms with Gasteiger partial charge in [0.05, 0.1) is 26.9 Å². The van der Waals surface area contributed by atoms with Crippen LogP contribution in [-0.2, 0) is 11.3 Å². The molecule has 0 spiro atoms. The average Bonchev–Trinajstić information content (AvgIpc) is 2.72. The van der Waals surface area contributed by atoms with Gasteiger partial charge in [0, 0.05) is 37.8 Å². The first-order chi connectivity index (χ1) is 13.2. The van der Waals surface area contributed by atoms with E-state index in [1.54, 1.807) is 32.4 Å². The van der Waals surface area contributed by atoms with Crippen molar-refractivity contribution in [3.8, 4) is 11.5 Å². The minimum atomic E-state index is -0.170. The van der Waals surface area contributed by atoms with E-state index in [0.717, 1.165) is 19.6 Å². The first-order valence-corrected chi connectivity index (χ1v) is 9.07. The van der Waals surface area contributed by atoms with Crippen LogP contribution >= 0.6 is 0 Å². The van der Waals surface area contributed by atoms with Crippen molar-refractivity contribution in [1.82, 2.24) is 10.2 Å².